The van der Waals surface area contributed by atoms with Crippen LogP contribution in [0.1, 0.15) is 16.1 Å². The summed E-state index contributed by atoms with van der Waals surface area (Å²) in [5.41, 5.74) is 2.71. The molecule has 1 saturated heterocycles. The standard InChI is InChI=1S/C16H17N5O2/c1-10-13-14(20-16(17-10)21-6-8-23-9-7-21)18-11-4-2-3-5-12(11)19-15(13)22/h2-5H,6-9H2,1H3,(H,19,22)(H,17,18,20). The Labute approximate surface area is 133 Å². The number of benzene rings is 1. The largest absolute Gasteiger partial charge is 0.378 e. The topological polar surface area (TPSA) is 79.4 Å². The minimum absolute atomic E-state index is 0.191. The van der Waals surface area contributed by atoms with Gasteiger partial charge in [-0.1, -0.05) is 12.1 Å². The van der Waals surface area contributed by atoms with Crippen molar-refractivity contribution in [3.8, 4) is 0 Å². The van der Waals surface area contributed by atoms with Crippen molar-refractivity contribution in [2.45, 2.75) is 6.92 Å². The third-order valence-corrected chi connectivity index (χ3v) is 4.03. The van der Waals surface area contributed by atoms with E-state index in [2.05, 4.69) is 25.5 Å². The molecule has 1 amide bonds. The molecule has 1 aromatic heterocycles. The Morgan fingerprint density at radius 3 is 2.52 bits per heavy atom. The molecule has 2 aromatic rings. The fourth-order valence-corrected chi connectivity index (χ4v) is 2.84. The Bertz CT molecular complexity index is 771. The number of aromatic nitrogens is 2. The number of nitrogens with zero attached hydrogens (tertiary/aromatic N) is 3. The number of nitrogens with one attached hydrogen (secondary N) is 2. The number of ether oxygens (including phenoxy) is 1. The van der Waals surface area contributed by atoms with Gasteiger partial charge in [-0.2, -0.15) is 4.98 Å². The maximum atomic E-state index is 12.5. The molecule has 2 N–H and O–H groups in total. The molecular formula is C16H17N5O2. The van der Waals surface area contributed by atoms with Gasteiger partial charge >= 0.3 is 0 Å². The monoisotopic (exact) mass is 311 g/mol. The average Bonchev–Trinajstić information content (AvgIpc) is 2.71. The fourth-order valence-electron chi connectivity index (χ4n) is 2.84. The lowest BCUT2D eigenvalue weighted by molar-refractivity contribution is 0.102. The van der Waals surface area contributed by atoms with Crippen LogP contribution >= 0.6 is 0 Å². The second-order valence-electron chi connectivity index (χ2n) is 5.56. The molecule has 0 spiro atoms. The highest BCUT2D eigenvalue weighted by Crippen LogP contribution is 2.32. The predicted molar refractivity (Wildman–Crippen MR) is 87.5 cm³/mol. The van der Waals surface area contributed by atoms with Gasteiger partial charge in [0.1, 0.15) is 11.4 Å². The van der Waals surface area contributed by atoms with Gasteiger partial charge in [-0.05, 0) is 19.1 Å². The van der Waals surface area contributed by atoms with Crippen molar-refractivity contribution in [2.75, 3.05) is 41.8 Å². The van der Waals surface area contributed by atoms with Crippen LogP contribution in [0.3, 0.4) is 0 Å². The molecule has 0 atom stereocenters. The van der Waals surface area contributed by atoms with Gasteiger partial charge in [-0.25, -0.2) is 4.98 Å². The number of para-hydroxylation sites is 2. The van der Waals surface area contributed by atoms with Gasteiger partial charge in [0, 0.05) is 13.1 Å². The number of rotatable bonds is 1. The Morgan fingerprint density at radius 1 is 1.09 bits per heavy atom. The highest BCUT2D eigenvalue weighted by atomic mass is 16.5. The summed E-state index contributed by atoms with van der Waals surface area (Å²) >= 11 is 0. The van der Waals surface area contributed by atoms with E-state index in [1.807, 2.05) is 31.2 Å². The normalized spacial score (nSPS) is 16.7. The number of hydrogen-bond donors (Lipinski definition) is 2. The number of hydrogen-bond acceptors (Lipinski definition) is 6. The lowest BCUT2D eigenvalue weighted by atomic mass is 10.2. The Morgan fingerprint density at radius 2 is 1.78 bits per heavy atom. The van der Waals surface area contributed by atoms with Crippen LogP contribution in [0.25, 0.3) is 0 Å². The number of carbonyl (C=O) groups excluding carboxylic acids is 1. The van der Waals surface area contributed by atoms with Crippen molar-refractivity contribution in [1.29, 1.82) is 0 Å². The highest BCUT2D eigenvalue weighted by molar-refractivity contribution is 6.12. The number of amides is 1. The molecule has 2 aliphatic heterocycles. The number of carbonyl (C=O) groups is 1. The van der Waals surface area contributed by atoms with Crippen molar-refractivity contribution in [2.24, 2.45) is 0 Å². The predicted octanol–water partition coefficient (Wildman–Crippen LogP) is 1.93. The minimum Gasteiger partial charge on any atom is -0.378 e. The van der Waals surface area contributed by atoms with Gasteiger partial charge in [0.05, 0.1) is 30.3 Å². The Hall–Kier alpha value is -2.67. The van der Waals surface area contributed by atoms with Crippen LogP contribution in [0, 0.1) is 6.92 Å². The molecule has 7 heteroatoms. The SMILES string of the molecule is Cc1nc(N2CCOCC2)nc2c1C(=O)Nc1ccccc1N2. The van der Waals surface area contributed by atoms with Crippen molar-refractivity contribution < 1.29 is 9.53 Å². The second kappa shape index (κ2) is 5.51. The number of aryl methyl sites for hydroxylation is 1. The molecule has 0 aliphatic carbocycles. The lowest BCUT2D eigenvalue weighted by Gasteiger charge is -2.27. The first-order valence-electron chi connectivity index (χ1n) is 7.61. The average molecular weight is 311 g/mol. The third kappa shape index (κ3) is 2.49. The highest BCUT2D eigenvalue weighted by Gasteiger charge is 2.25. The summed E-state index contributed by atoms with van der Waals surface area (Å²) < 4.78 is 5.37. The van der Waals surface area contributed by atoms with E-state index >= 15 is 0 Å². The molecule has 0 saturated carbocycles. The zero-order valence-corrected chi connectivity index (χ0v) is 12.8. The van der Waals surface area contributed by atoms with Crippen LogP contribution in [-0.2, 0) is 4.74 Å². The fraction of sp³-hybridized carbons (Fsp3) is 0.312. The molecule has 1 aromatic carbocycles. The molecule has 118 valence electrons. The van der Waals surface area contributed by atoms with E-state index in [1.165, 1.54) is 0 Å². The molecule has 2 aliphatic rings. The zero-order valence-electron chi connectivity index (χ0n) is 12.8. The Kier molecular flexibility index (Phi) is 3.34. The Balaban J connectivity index is 1.79. The molecule has 0 radical (unpaired) electrons. The summed E-state index contributed by atoms with van der Waals surface area (Å²) in [5.74, 6) is 0.981. The van der Waals surface area contributed by atoms with Crippen LogP contribution in [0.15, 0.2) is 24.3 Å². The number of morpholine rings is 1. The van der Waals surface area contributed by atoms with E-state index in [1.54, 1.807) is 0 Å². The van der Waals surface area contributed by atoms with Crippen LogP contribution in [0.2, 0.25) is 0 Å². The summed E-state index contributed by atoms with van der Waals surface area (Å²) in [6, 6.07) is 7.57. The van der Waals surface area contributed by atoms with Gasteiger partial charge in [0.15, 0.2) is 0 Å². The van der Waals surface area contributed by atoms with Gasteiger partial charge in [0.25, 0.3) is 5.91 Å². The summed E-state index contributed by atoms with van der Waals surface area (Å²) in [6.07, 6.45) is 0. The van der Waals surface area contributed by atoms with E-state index in [0.29, 0.717) is 36.2 Å². The molecular weight excluding hydrogens is 294 g/mol. The minimum atomic E-state index is -0.191. The summed E-state index contributed by atoms with van der Waals surface area (Å²) in [4.78, 5) is 23.7. The van der Waals surface area contributed by atoms with E-state index < -0.39 is 0 Å². The van der Waals surface area contributed by atoms with E-state index in [-0.39, 0.29) is 5.91 Å². The van der Waals surface area contributed by atoms with Crippen molar-refractivity contribution in [3.63, 3.8) is 0 Å². The van der Waals surface area contributed by atoms with Gasteiger partial charge < -0.3 is 20.3 Å². The van der Waals surface area contributed by atoms with Gasteiger partial charge in [-0.15, -0.1) is 0 Å². The first-order chi connectivity index (χ1) is 11.2. The van der Waals surface area contributed by atoms with E-state index in [0.717, 1.165) is 24.5 Å². The maximum absolute atomic E-state index is 12.5. The summed E-state index contributed by atoms with van der Waals surface area (Å²) in [6.45, 7) is 4.66. The maximum Gasteiger partial charge on any atom is 0.261 e. The molecule has 23 heavy (non-hydrogen) atoms. The van der Waals surface area contributed by atoms with Crippen molar-refractivity contribution in [1.82, 2.24) is 9.97 Å². The molecule has 4 rings (SSSR count). The van der Waals surface area contributed by atoms with Crippen LogP contribution in [-0.4, -0.2) is 42.2 Å². The quantitative estimate of drug-likeness (QED) is 0.838. The van der Waals surface area contributed by atoms with Crippen LogP contribution in [0.4, 0.5) is 23.1 Å². The molecule has 3 heterocycles. The smallest absolute Gasteiger partial charge is 0.261 e. The molecule has 1 fully saturated rings. The van der Waals surface area contributed by atoms with Gasteiger partial charge in [-0.3, -0.25) is 4.79 Å². The first kappa shape index (κ1) is 14.0. The molecule has 7 nitrogen and oxygen atoms in total. The molecule has 0 unspecified atom stereocenters. The van der Waals surface area contributed by atoms with Gasteiger partial charge in [0.2, 0.25) is 5.95 Å². The van der Waals surface area contributed by atoms with Crippen LogP contribution < -0.4 is 15.5 Å². The number of anilines is 4. The van der Waals surface area contributed by atoms with E-state index in [4.69, 9.17) is 4.74 Å². The lowest BCUT2D eigenvalue weighted by Crippen LogP contribution is -2.37. The van der Waals surface area contributed by atoms with E-state index in [9.17, 15) is 4.79 Å². The zero-order chi connectivity index (χ0) is 15.8. The summed E-state index contributed by atoms with van der Waals surface area (Å²) in [7, 11) is 0. The number of fused-ring (bicyclic) bond motifs is 2. The van der Waals surface area contributed by atoms with Crippen molar-refractivity contribution >= 4 is 29.0 Å². The summed E-state index contributed by atoms with van der Waals surface area (Å²) in [5, 5.41) is 6.16. The molecule has 0 bridgehead atoms. The third-order valence-electron chi connectivity index (χ3n) is 4.03. The van der Waals surface area contributed by atoms with Crippen LogP contribution in [0.5, 0.6) is 0 Å². The first-order valence-corrected chi connectivity index (χ1v) is 7.61. The van der Waals surface area contributed by atoms with Crippen molar-refractivity contribution in [3.05, 3.63) is 35.5 Å². The second-order valence-corrected chi connectivity index (χ2v) is 5.56.